The molecular formula is C26H37ClN4O4. The van der Waals surface area contributed by atoms with Crippen LogP contribution < -0.4 is 22.1 Å². The average molecular weight is 505 g/mol. The molecule has 9 heteroatoms. The number of carbonyl (C=O) groups excluding carboxylic acids is 4. The third-order valence-electron chi connectivity index (χ3n) is 5.41. The summed E-state index contributed by atoms with van der Waals surface area (Å²) in [6.45, 7) is 11.2. The van der Waals surface area contributed by atoms with Crippen LogP contribution in [0.1, 0.15) is 75.1 Å². The first-order chi connectivity index (χ1) is 16.3. The second-order valence-electron chi connectivity index (χ2n) is 8.86. The fourth-order valence-electron chi connectivity index (χ4n) is 1.92. The molecule has 0 atom stereocenters. The predicted molar refractivity (Wildman–Crippen MR) is 139 cm³/mol. The van der Waals surface area contributed by atoms with Crippen molar-refractivity contribution < 1.29 is 19.2 Å². The van der Waals surface area contributed by atoms with Crippen molar-refractivity contribution in [1.29, 1.82) is 0 Å². The Hall–Kier alpha value is -3.23. The lowest BCUT2D eigenvalue weighted by molar-refractivity contribution is -0.130. The predicted octanol–water partition coefficient (Wildman–Crippen LogP) is 4.36. The van der Waals surface area contributed by atoms with Gasteiger partial charge in [0.2, 0.25) is 11.1 Å². The molecule has 0 spiro atoms. The number of amides is 3. The first-order valence-electron chi connectivity index (χ1n) is 11.2. The van der Waals surface area contributed by atoms with Gasteiger partial charge in [0.25, 0.3) is 11.8 Å². The van der Waals surface area contributed by atoms with E-state index in [9.17, 15) is 19.2 Å². The Morgan fingerprint density at radius 3 is 1.43 bits per heavy atom. The fraction of sp³-hybridized carbons (Fsp3) is 0.385. The van der Waals surface area contributed by atoms with Crippen LogP contribution >= 0.6 is 11.6 Å². The van der Waals surface area contributed by atoms with Gasteiger partial charge >= 0.3 is 0 Å². The Balaban J connectivity index is 0.000000545. The van der Waals surface area contributed by atoms with Crippen molar-refractivity contribution in [2.45, 2.75) is 54.4 Å². The Labute approximate surface area is 212 Å². The Morgan fingerprint density at radius 2 is 1.11 bits per heavy atom. The highest BCUT2D eigenvalue weighted by Crippen LogP contribution is 2.22. The molecule has 192 valence electrons. The van der Waals surface area contributed by atoms with E-state index in [2.05, 4.69) is 10.9 Å². The molecule has 0 saturated heterocycles. The lowest BCUT2D eigenvalue weighted by Crippen LogP contribution is -2.47. The van der Waals surface area contributed by atoms with Gasteiger partial charge in [-0.1, -0.05) is 77.9 Å². The maximum Gasteiger partial charge on any atom is 0.269 e. The van der Waals surface area contributed by atoms with Crippen molar-refractivity contribution >= 4 is 34.6 Å². The summed E-state index contributed by atoms with van der Waals surface area (Å²) in [5, 5.41) is -0.250. The summed E-state index contributed by atoms with van der Waals surface area (Å²) in [4.78, 5) is 44.6. The number of nitrogen functional groups attached to an aromatic ring is 1. The number of carbonyl (C=O) groups is 4. The zero-order chi connectivity index (χ0) is 27.1. The van der Waals surface area contributed by atoms with E-state index in [0.29, 0.717) is 17.5 Å². The quantitative estimate of drug-likeness (QED) is 0.201. The summed E-state index contributed by atoms with van der Waals surface area (Å²) in [6, 6.07) is 17.5. The molecule has 0 radical (unpaired) electrons. The Morgan fingerprint density at radius 1 is 0.714 bits per heavy atom. The maximum atomic E-state index is 11.7. The molecule has 0 aromatic heterocycles. The molecule has 35 heavy (non-hydrogen) atoms. The molecule has 0 heterocycles. The fourth-order valence-corrected chi connectivity index (χ4v) is 2.05. The molecule has 3 amide bonds. The minimum atomic E-state index is -0.482. The highest BCUT2D eigenvalue weighted by Gasteiger charge is 2.25. The van der Waals surface area contributed by atoms with E-state index in [1.807, 2.05) is 59.1 Å². The van der Waals surface area contributed by atoms with Gasteiger partial charge in [0.05, 0.1) is 0 Å². The van der Waals surface area contributed by atoms with Crippen LogP contribution in [0.2, 0.25) is 0 Å². The third-order valence-corrected chi connectivity index (χ3v) is 5.92. The maximum absolute atomic E-state index is 11.7. The highest BCUT2D eigenvalue weighted by atomic mass is 35.5. The number of rotatable bonds is 6. The summed E-state index contributed by atoms with van der Waals surface area (Å²) < 4.78 is 0. The van der Waals surface area contributed by atoms with E-state index in [-0.39, 0.29) is 28.4 Å². The second-order valence-corrected chi connectivity index (χ2v) is 9.21. The number of hydrogen-bond acceptors (Lipinski definition) is 5. The molecule has 0 bridgehead atoms. The van der Waals surface area contributed by atoms with E-state index < -0.39 is 5.41 Å². The molecule has 8 nitrogen and oxygen atoms in total. The van der Waals surface area contributed by atoms with Crippen molar-refractivity contribution in [3.63, 3.8) is 0 Å². The van der Waals surface area contributed by atoms with Gasteiger partial charge in [-0.25, -0.2) is 5.84 Å². The molecule has 2 rings (SSSR count). The van der Waals surface area contributed by atoms with E-state index in [1.165, 1.54) is 0 Å². The summed E-state index contributed by atoms with van der Waals surface area (Å²) in [6.07, 6.45) is 1.51. The molecule has 2 aromatic rings. The van der Waals surface area contributed by atoms with Crippen LogP contribution in [0.4, 0.5) is 0 Å². The molecule has 0 aliphatic rings. The largest absolute Gasteiger partial charge is 0.290 e. The van der Waals surface area contributed by atoms with Gasteiger partial charge in [-0.05, 0) is 48.7 Å². The van der Waals surface area contributed by atoms with E-state index in [1.54, 1.807) is 48.5 Å². The smallest absolute Gasteiger partial charge is 0.269 e. The minimum Gasteiger partial charge on any atom is -0.290 e. The van der Waals surface area contributed by atoms with Crippen LogP contribution in [0, 0.1) is 10.8 Å². The van der Waals surface area contributed by atoms with Crippen LogP contribution in [0.5, 0.6) is 0 Å². The monoisotopic (exact) mass is 504 g/mol. The van der Waals surface area contributed by atoms with Crippen LogP contribution in [-0.2, 0) is 9.59 Å². The highest BCUT2D eigenvalue weighted by molar-refractivity contribution is 6.64. The third kappa shape index (κ3) is 12.2. The van der Waals surface area contributed by atoms with Crippen LogP contribution in [0.3, 0.4) is 0 Å². The number of hydrazine groups is 2. The second kappa shape index (κ2) is 15.6. The van der Waals surface area contributed by atoms with Crippen LogP contribution in [-0.4, -0.2) is 23.0 Å². The van der Waals surface area contributed by atoms with Crippen molar-refractivity contribution in [2.24, 2.45) is 16.7 Å². The first kappa shape index (κ1) is 31.8. The van der Waals surface area contributed by atoms with Gasteiger partial charge in [-0.2, -0.15) is 0 Å². The van der Waals surface area contributed by atoms with Crippen molar-refractivity contribution in [2.75, 3.05) is 0 Å². The van der Waals surface area contributed by atoms with Crippen LogP contribution in [0.25, 0.3) is 0 Å². The number of nitrogens with one attached hydrogen (secondary N) is 3. The summed E-state index contributed by atoms with van der Waals surface area (Å²) in [7, 11) is 0. The van der Waals surface area contributed by atoms with E-state index in [0.717, 1.165) is 6.42 Å². The van der Waals surface area contributed by atoms with Gasteiger partial charge < -0.3 is 0 Å². The normalized spacial score (nSPS) is 10.4. The van der Waals surface area contributed by atoms with Crippen LogP contribution in [0.15, 0.2) is 60.7 Å². The zero-order valence-electron chi connectivity index (χ0n) is 21.3. The average Bonchev–Trinajstić information content (AvgIpc) is 2.88. The van der Waals surface area contributed by atoms with Gasteiger partial charge in [0, 0.05) is 22.0 Å². The summed E-state index contributed by atoms with van der Waals surface area (Å²) in [5.74, 6) is 4.14. The van der Waals surface area contributed by atoms with Crippen molar-refractivity contribution in [1.82, 2.24) is 16.3 Å². The van der Waals surface area contributed by atoms with Gasteiger partial charge in [-0.3, -0.25) is 35.5 Å². The number of nitrogens with two attached hydrogens (primary N) is 1. The summed E-state index contributed by atoms with van der Waals surface area (Å²) in [5.41, 5.74) is 7.15. The van der Waals surface area contributed by atoms with Crippen molar-refractivity contribution in [3.8, 4) is 0 Å². The van der Waals surface area contributed by atoms with Crippen molar-refractivity contribution in [3.05, 3.63) is 71.8 Å². The number of benzene rings is 2. The first-order valence-corrected chi connectivity index (χ1v) is 11.6. The Kier molecular flexibility index (Phi) is 14.2. The molecule has 2 aromatic carbocycles. The molecule has 0 unspecified atom stereocenters. The van der Waals surface area contributed by atoms with Gasteiger partial charge in [0.1, 0.15) is 0 Å². The lowest BCUT2D eigenvalue weighted by Gasteiger charge is -2.21. The lowest BCUT2D eigenvalue weighted by atomic mass is 9.90. The zero-order valence-corrected chi connectivity index (χ0v) is 22.0. The molecule has 0 aliphatic heterocycles. The van der Waals surface area contributed by atoms with E-state index >= 15 is 0 Å². The standard InChI is InChI=1S/C13H18N2O2.C7H8N2O.C6H11ClO/c1-4-13(2,3)12(17)15-14-11(16)10-8-6-5-7-9-10;8-9-7(10)6-4-2-1-3-5-6;1-4-6(2,3)5(7)8/h5-9H,4H2,1-3H3,(H,14,16)(H,15,17);1-5H,8H2,(H,9,10);4H2,1-3H3. The SMILES string of the molecule is CCC(C)(C)C(=O)Cl.CCC(C)(C)C(=O)NNC(=O)c1ccccc1.NNC(=O)c1ccccc1. The Bertz CT molecular complexity index is 948. The molecule has 0 saturated carbocycles. The molecule has 5 N–H and O–H groups in total. The summed E-state index contributed by atoms with van der Waals surface area (Å²) >= 11 is 5.23. The van der Waals surface area contributed by atoms with E-state index in [4.69, 9.17) is 17.4 Å². The molecule has 0 fully saturated rings. The van der Waals surface area contributed by atoms with Gasteiger partial charge in [-0.15, -0.1) is 0 Å². The number of halogens is 1. The minimum absolute atomic E-state index is 0.190. The topological polar surface area (TPSA) is 130 Å². The number of hydrogen-bond donors (Lipinski definition) is 4. The molecule has 0 aliphatic carbocycles. The molecular weight excluding hydrogens is 468 g/mol. The van der Waals surface area contributed by atoms with Gasteiger partial charge in [0.15, 0.2) is 0 Å².